The average Bonchev–Trinajstić information content (AvgIpc) is 3.05. The van der Waals surface area contributed by atoms with Crippen LogP contribution in [0, 0.1) is 0 Å². The second-order valence-corrected chi connectivity index (χ2v) is 7.31. The Morgan fingerprint density at radius 2 is 2.11 bits per heavy atom. The Bertz CT molecular complexity index is 1230. The number of hydrogen-bond donors (Lipinski definition) is 1. The molecule has 0 bridgehead atoms. The van der Waals surface area contributed by atoms with Gasteiger partial charge in [-0.3, -0.25) is 14.2 Å². The molecule has 2 aromatic heterocycles. The fourth-order valence-electron chi connectivity index (χ4n) is 2.84. The van der Waals surface area contributed by atoms with Crippen LogP contribution in [0.4, 0.5) is 5.69 Å². The number of nitrogens with zero attached hydrogens (tertiary/aromatic N) is 2. The van der Waals surface area contributed by atoms with E-state index in [1.54, 1.807) is 37.4 Å². The van der Waals surface area contributed by atoms with Gasteiger partial charge in [-0.15, -0.1) is 11.3 Å². The molecule has 0 unspecified atom stereocenters. The molecule has 4 aromatic rings. The van der Waals surface area contributed by atoms with Crippen molar-refractivity contribution in [2.75, 3.05) is 12.4 Å². The molecular weight excluding hydrogens is 386 g/mol. The third kappa shape index (κ3) is 3.27. The first kappa shape index (κ1) is 17.5. The highest BCUT2D eigenvalue weighted by Crippen LogP contribution is 2.34. The van der Waals surface area contributed by atoms with Crippen LogP contribution in [0.3, 0.4) is 0 Å². The smallest absolute Gasteiger partial charge is 0.271 e. The number of anilines is 1. The largest absolute Gasteiger partial charge is 0.497 e. The summed E-state index contributed by atoms with van der Waals surface area (Å²) in [6.45, 7) is -0.138. The maximum absolute atomic E-state index is 12.8. The number of carbonyl (C=O) groups excluding carboxylic acids is 1. The van der Waals surface area contributed by atoms with Gasteiger partial charge in [-0.25, -0.2) is 4.98 Å². The summed E-state index contributed by atoms with van der Waals surface area (Å²) >= 11 is 7.58. The average molecular weight is 400 g/mol. The number of carbonyl (C=O) groups is 1. The van der Waals surface area contributed by atoms with Crippen molar-refractivity contribution < 1.29 is 9.53 Å². The molecule has 0 aliphatic carbocycles. The Morgan fingerprint density at radius 3 is 2.93 bits per heavy atom. The molecule has 1 amide bonds. The minimum atomic E-state index is -0.328. The van der Waals surface area contributed by atoms with Crippen LogP contribution in [0.5, 0.6) is 5.75 Å². The van der Waals surface area contributed by atoms with E-state index in [0.717, 1.165) is 10.1 Å². The molecule has 0 atom stereocenters. The van der Waals surface area contributed by atoms with Crippen molar-refractivity contribution in [2.24, 2.45) is 0 Å². The molecule has 0 saturated heterocycles. The summed E-state index contributed by atoms with van der Waals surface area (Å²) in [5.41, 5.74) is 0.892. The van der Waals surface area contributed by atoms with Gasteiger partial charge in [0, 0.05) is 21.8 Å². The summed E-state index contributed by atoms with van der Waals surface area (Å²) < 4.78 is 7.80. The second kappa shape index (κ2) is 7.02. The van der Waals surface area contributed by atoms with Crippen molar-refractivity contribution in [1.82, 2.24) is 9.55 Å². The fourth-order valence-corrected chi connectivity index (χ4v) is 4.29. The summed E-state index contributed by atoms with van der Waals surface area (Å²) in [6, 6.07) is 12.5. The Hall–Kier alpha value is -2.90. The maximum atomic E-state index is 12.8. The van der Waals surface area contributed by atoms with Crippen LogP contribution in [-0.2, 0) is 11.3 Å². The molecule has 0 fully saturated rings. The van der Waals surface area contributed by atoms with Gasteiger partial charge in [-0.05, 0) is 24.3 Å². The van der Waals surface area contributed by atoms with Crippen LogP contribution in [-0.4, -0.2) is 22.6 Å². The molecule has 8 heteroatoms. The summed E-state index contributed by atoms with van der Waals surface area (Å²) in [7, 11) is 1.55. The highest BCUT2D eigenvalue weighted by molar-refractivity contribution is 7.25. The van der Waals surface area contributed by atoms with Crippen LogP contribution in [0.15, 0.2) is 53.6 Å². The Kier molecular flexibility index (Phi) is 4.55. The van der Waals surface area contributed by atoms with Crippen LogP contribution >= 0.6 is 22.9 Å². The van der Waals surface area contributed by atoms with Gasteiger partial charge in [0.1, 0.15) is 17.0 Å². The second-order valence-electron chi connectivity index (χ2n) is 5.85. The van der Waals surface area contributed by atoms with E-state index in [-0.39, 0.29) is 18.0 Å². The highest BCUT2D eigenvalue weighted by atomic mass is 35.5. The summed E-state index contributed by atoms with van der Waals surface area (Å²) in [6.07, 6.45) is 1.38. The standard InChI is InChI=1S/C19H14ClN3O3S/c1-26-12-5-2-4-11(8-12)22-15(24)9-23-10-21-17-16-13(20)6-3-7-14(16)27-18(17)19(23)25/h2-8,10H,9H2,1H3,(H,22,24). The zero-order valence-electron chi connectivity index (χ0n) is 14.2. The first-order chi connectivity index (χ1) is 13.1. The number of thiophene rings is 1. The molecule has 27 heavy (non-hydrogen) atoms. The number of amides is 1. The first-order valence-corrected chi connectivity index (χ1v) is 9.26. The minimum Gasteiger partial charge on any atom is -0.497 e. The molecule has 0 aliphatic rings. The minimum absolute atomic E-state index is 0.138. The third-order valence-electron chi connectivity index (χ3n) is 4.09. The lowest BCUT2D eigenvalue weighted by atomic mass is 10.2. The first-order valence-electron chi connectivity index (χ1n) is 8.07. The number of ether oxygens (including phenoxy) is 1. The number of aromatic nitrogens is 2. The van der Waals surface area contributed by atoms with Crippen LogP contribution in [0.2, 0.25) is 5.02 Å². The van der Waals surface area contributed by atoms with E-state index in [1.165, 1.54) is 22.2 Å². The number of fused-ring (bicyclic) bond motifs is 3. The number of methoxy groups -OCH3 is 1. The van der Waals surface area contributed by atoms with Gasteiger partial charge in [0.15, 0.2) is 0 Å². The topological polar surface area (TPSA) is 73.2 Å². The number of nitrogens with one attached hydrogen (secondary N) is 1. The highest BCUT2D eigenvalue weighted by Gasteiger charge is 2.15. The monoisotopic (exact) mass is 399 g/mol. The van der Waals surface area contributed by atoms with Crippen molar-refractivity contribution in [3.8, 4) is 5.75 Å². The van der Waals surface area contributed by atoms with Crippen LogP contribution in [0.25, 0.3) is 20.3 Å². The number of halogens is 1. The maximum Gasteiger partial charge on any atom is 0.271 e. The molecule has 0 aliphatic heterocycles. The molecule has 136 valence electrons. The van der Waals surface area contributed by atoms with Gasteiger partial charge < -0.3 is 10.1 Å². The summed E-state index contributed by atoms with van der Waals surface area (Å²) in [5.74, 6) is 0.306. The van der Waals surface area contributed by atoms with E-state index in [0.29, 0.717) is 26.7 Å². The quantitative estimate of drug-likeness (QED) is 0.564. The molecule has 4 rings (SSSR count). The van der Waals surface area contributed by atoms with Gasteiger partial charge in [0.05, 0.1) is 24.0 Å². The summed E-state index contributed by atoms with van der Waals surface area (Å²) in [5, 5.41) is 4.07. The molecule has 2 aromatic carbocycles. The Morgan fingerprint density at radius 1 is 1.30 bits per heavy atom. The van der Waals surface area contributed by atoms with E-state index in [4.69, 9.17) is 16.3 Å². The molecular formula is C19H14ClN3O3S. The van der Waals surface area contributed by atoms with Gasteiger partial charge >= 0.3 is 0 Å². The van der Waals surface area contributed by atoms with Crippen molar-refractivity contribution in [1.29, 1.82) is 0 Å². The number of hydrogen-bond acceptors (Lipinski definition) is 5. The van der Waals surface area contributed by atoms with Gasteiger partial charge in [0.25, 0.3) is 5.56 Å². The molecule has 0 saturated carbocycles. The predicted molar refractivity (Wildman–Crippen MR) is 108 cm³/mol. The van der Waals surface area contributed by atoms with Crippen LogP contribution < -0.4 is 15.6 Å². The summed E-state index contributed by atoms with van der Waals surface area (Å²) in [4.78, 5) is 29.5. The van der Waals surface area contributed by atoms with Gasteiger partial charge in [-0.1, -0.05) is 23.7 Å². The SMILES string of the molecule is COc1cccc(NC(=O)Cn2cnc3c(sc4cccc(Cl)c43)c2=O)c1. The van der Waals surface area contributed by atoms with E-state index in [9.17, 15) is 9.59 Å². The fraction of sp³-hybridized carbons (Fsp3) is 0.105. The van der Waals surface area contributed by atoms with E-state index < -0.39 is 0 Å². The zero-order valence-corrected chi connectivity index (χ0v) is 15.8. The van der Waals surface area contributed by atoms with E-state index in [1.807, 2.05) is 12.1 Å². The van der Waals surface area contributed by atoms with Crippen molar-refractivity contribution >= 4 is 54.8 Å². The predicted octanol–water partition coefficient (Wildman–Crippen LogP) is 3.91. The lowest BCUT2D eigenvalue weighted by molar-refractivity contribution is -0.116. The lowest BCUT2D eigenvalue weighted by Crippen LogP contribution is -2.27. The Balaban J connectivity index is 1.65. The third-order valence-corrected chi connectivity index (χ3v) is 5.54. The number of benzene rings is 2. The normalized spacial score (nSPS) is 11.0. The van der Waals surface area contributed by atoms with Gasteiger partial charge in [0.2, 0.25) is 5.91 Å². The molecule has 0 spiro atoms. The van der Waals surface area contributed by atoms with Crippen molar-refractivity contribution in [2.45, 2.75) is 6.54 Å². The molecule has 0 radical (unpaired) electrons. The Labute approximate surface area is 163 Å². The van der Waals surface area contributed by atoms with E-state index >= 15 is 0 Å². The molecule has 6 nitrogen and oxygen atoms in total. The van der Waals surface area contributed by atoms with Crippen molar-refractivity contribution in [3.05, 3.63) is 64.2 Å². The van der Waals surface area contributed by atoms with E-state index in [2.05, 4.69) is 10.3 Å². The van der Waals surface area contributed by atoms with Crippen molar-refractivity contribution in [3.63, 3.8) is 0 Å². The lowest BCUT2D eigenvalue weighted by Gasteiger charge is -2.08. The van der Waals surface area contributed by atoms with Gasteiger partial charge in [-0.2, -0.15) is 0 Å². The van der Waals surface area contributed by atoms with Crippen LogP contribution in [0.1, 0.15) is 0 Å². The molecule has 1 N–H and O–H groups in total. The number of rotatable bonds is 4. The zero-order chi connectivity index (χ0) is 19.0. The molecule has 2 heterocycles.